The number of fused-ring (bicyclic) bond motifs is 3. The number of hydrogen-bond acceptors (Lipinski definition) is 3. The van der Waals surface area contributed by atoms with E-state index in [-0.39, 0.29) is 22.7 Å². The highest BCUT2D eigenvalue weighted by molar-refractivity contribution is 6.06. The Bertz CT molecular complexity index is 793. The molecule has 20 heavy (non-hydrogen) atoms. The zero-order valence-electron chi connectivity index (χ0n) is 11.0. The van der Waals surface area contributed by atoms with Gasteiger partial charge in [0.05, 0.1) is 13.7 Å². The normalized spacial score (nSPS) is 11.2. The third kappa shape index (κ3) is 1.70. The summed E-state index contributed by atoms with van der Waals surface area (Å²) < 4.78 is 43.7. The van der Waals surface area contributed by atoms with Crippen LogP contribution in [0.4, 0.5) is 8.78 Å². The molecule has 0 fully saturated rings. The second kappa shape index (κ2) is 4.67. The van der Waals surface area contributed by atoms with Crippen molar-refractivity contribution in [3.05, 3.63) is 35.9 Å². The first-order chi connectivity index (χ1) is 9.67. The van der Waals surface area contributed by atoms with E-state index >= 15 is 0 Å². The van der Waals surface area contributed by atoms with Gasteiger partial charge >= 0.3 is 0 Å². The minimum Gasteiger partial charge on any atom is -0.494 e. The lowest BCUT2D eigenvalue weighted by Gasteiger charge is -2.03. The summed E-state index contributed by atoms with van der Waals surface area (Å²) >= 11 is 0. The van der Waals surface area contributed by atoms with E-state index in [0.29, 0.717) is 17.4 Å². The maximum Gasteiger partial charge on any atom is 0.208 e. The molecule has 2 aromatic carbocycles. The van der Waals surface area contributed by atoms with E-state index in [0.717, 1.165) is 0 Å². The van der Waals surface area contributed by atoms with Gasteiger partial charge in [-0.2, -0.15) is 8.78 Å². The van der Waals surface area contributed by atoms with Crippen molar-refractivity contribution in [3.8, 4) is 11.5 Å². The number of benzene rings is 2. The van der Waals surface area contributed by atoms with E-state index in [2.05, 4.69) is 0 Å². The van der Waals surface area contributed by atoms with Gasteiger partial charge in [0.25, 0.3) is 0 Å². The second-order valence-electron chi connectivity index (χ2n) is 4.25. The molecule has 1 aromatic heterocycles. The zero-order chi connectivity index (χ0) is 14.3. The SMILES string of the molecule is CCOc1ccc2c(oc3c(F)c(OC)ccc32)c1F. The summed E-state index contributed by atoms with van der Waals surface area (Å²) in [6.07, 6.45) is 0. The third-order valence-corrected chi connectivity index (χ3v) is 3.14. The number of methoxy groups -OCH3 is 1. The predicted molar refractivity (Wildman–Crippen MR) is 71.4 cm³/mol. The molecule has 0 N–H and O–H groups in total. The Hall–Kier alpha value is -2.30. The lowest BCUT2D eigenvalue weighted by Crippen LogP contribution is -1.94. The molecule has 5 heteroatoms. The maximum absolute atomic E-state index is 14.2. The molecule has 0 aliphatic rings. The van der Waals surface area contributed by atoms with Crippen molar-refractivity contribution < 1.29 is 22.7 Å². The van der Waals surface area contributed by atoms with Crippen LogP contribution in [0.25, 0.3) is 21.9 Å². The lowest BCUT2D eigenvalue weighted by atomic mass is 10.1. The highest BCUT2D eigenvalue weighted by atomic mass is 19.1. The van der Waals surface area contributed by atoms with Gasteiger partial charge in [0, 0.05) is 10.8 Å². The fourth-order valence-corrected chi connectivity index (χ4v) is 2.23. The molecule has 1 heterocycles. The Balaban J connectivity index is 2.35. The van der Waals surface area contributed by atoms with E-state index in [1.54, 1.807) is 19.1 Å². The van der Waals surface area contributed by atoms with Gasteiger partial charge in [0.15, 0.2) is 22.7 Å². The number of ether oxygens (including phenoxy) is 2. The van der Waals surface area contributed by atoms with Crippen LogP contribution in [0.15, 0.2) is 28.7 Å². The molecule has 3 rings (SSSR count). The van der Waals surface area contributed by atoms with Crippen LogP contribution in [0.3, 0.4) is 0 Å². The molecule has 0 amide bonds. The number of hydrogen-bond donors (Lipinski definition) is 0. The van der Waals surface area contributed by atoms with Crippen molar-refractivity contribution in [3.63, 3.8) is 0 Å². The molecule has 0 saturated heterocycles. The van der Waals surface area contributed by atoms with Crippen molar-refractivity contribution in [2.75, 3.05) is 13.7 Å². The van der Waals surface area contributed by atoms with Gasteiger partial charge in [0.1, 0.15) is 0 Å². The highest BCUT2D eigenvalue weighted by Crippen LogP contribution is 2.37. The van der Waals surface area contributed by atoms with Crippen molar-refractivity contribution in [1.82, 2.24) is 0 Å². The first-order valence-electron chi connectivity index (χ1n) is 6.17. The van der Waals surface area contributed by atoms with Gasteiger partial charge in [-0.1, -0.05) is 0 Å². The van der Waals surface area contributed by atoms with Gasteiger partial charge in [-0.25, -0.2) is 0 Å². The molecule has 3 nitrogen and oxygen atoms in total. The Morgan fingerprint density at radius 1 is 0.950 bits per heavy atom. The van der Waals surface area contributed by atoms with Crippen LogP contribution >= 0.6 is 0 Å². The van der Waals surface area contributed by atoms with E-state index < -0.39 is 11.6 Å². The Morgan fingerprint density at radius 3 is 2.05 bits per heavy atom. The van der Waals surface area contributed by atoms with Crippen molar-refractivity contribution in [2.24, 2.45) is 0 Å². The van der Waals surface area contributed by atoms with Crippen LogP contribution in [-0.4, -0.2) is 13.7 Å². The monoisotopic (exact) mass is 278 g/mol. The fourth-order valence-electron chi connectivity index (χ4n) is 2.23. The fraction of sp³-hybridized carbons (Fsp3) is 0.200. The molecule has 0 atom stereocenters. The maximum atomic E-state index is 14.2. The van der Waals surface area contributed by atoms with Crippen molar-refractivity contribution in [2.45, 2.75) is 6.92 Å². The molecule has 0 unspecified atom stereocenters. The van der Waals surface area contributed by atoms with E-state index in [1.165, 1.54) is 19.2 Å². The molecule has 104 valence electrons. The summed E-state index contributed by atoms with van der Waals surface area (Å²) in [5.74, 6) is -1.12. The summed E-state index contributed by atoms with van der Waals surface area (Å²) in [7, 11) is 1.36. The number of rotatable bonds is 3. The zero-order valence-corrected chi connectivity index (χ0v) is 11.0. The van der Waals surface area contributed by atoms with E-state index in [4.69, 9.17) is 13.9 Å². The van der Waals surface area contributed by atoms with Gasteiger partial charge in [-0.15, -0.1) is 0 Å². The highest BCUT2D eigenvalue weighted by Gasteiger charge is 2.19. The molecule has 3 aromatic rings. The second-order valence-corrected chi connectivity index (χ2v) is 4.25. The van der Waals surface area contributed by atoms with Gasteiger partial charge < -0.3 is 13.9 Å². The molecular formula is C15H12F2O3. The van der Waals surface area contributed by atoms with Crippen LogP contribution in [0.1, 0.15) is 6.92 Å². The minimum absolute atomic E-state index is 0.0156. The first kappa shape index (κ1) is 12.7. The molecule has 0 radical (unpaired) electrons. The quantitative estimate of drug-likeness (QED) is 0.717. The number of halogens is 2. The summed E-state index contributed by atoms with van der Waals surface area (Å²) in [5, 5.41) is 1.00. The van der Waals surface area contributed by atoms with E-state index in [9.17, 15) is 8.78 Å². The van der Waals surface area contributed by atoms with Gasteiger partial charge in [0.2, 0.25) is 11.6 Å². The molecule has 0 aliphatic carbocycles. The van der Waals surface area contributed by atoms with Crippen LogP contribution < -0.4 is 9.47 Å². The Labute approximate surface area is 113 Å². The van der Waals surface area contributed by atoms with Crippen LogP contribution in [0.2, 0.25) is 0 Å². The summed E-state index contributed by atoms with van der Waals surface area (Å²) in [5.41, 5.74) is -0.0370. The topological polar surface area (TPSA) is 31.6 Å². The summed E-state index contributed by atoms with van der Waals surface area (Å²) in [6.45, 7) is 2.09. The third-order valence-electron chi connectivity index (χ3n) is 3.14. The lowest BCUT2D eigenvalue weighted by molar-refractivity contribution is 0.321. The predicted octanol–water partition coefficient (Wildman–Crippen LogP) is 4.27. The van der Waals surface area contributed by atoms with Gasteiger partial charge in [-0.05, 0) is 31.2 Å². The van der Waals surface area contributed by atoms with Crippen molar-refractivity contribution in [1.29, 1.82) is 0 Å². The van der Waals surface area contributed by atoms with Crippen LogP contribution in [0, 0.1) is 11.6 Å². The molecule has 0 saturated carbocycles. The molecule has 0 aliphatic heterocycles. The largest absolute Gasteiger partial charge is 0.494 e. The smallest absolute Gasteiger partial charge is 0.208 e. The summed E-state index contributed by atoms with van der Waals surface area (Å²) in [6, 6.07) is 6.29. The number of furan rings is 1. The summed E-state index contributed by atoms with van der Waals surface area (Å²) in [4.78, 5) is 0. The molecule has 0 bridgehead atoms. The standard InChI is InChI=1S/C15H12F2O3/c1-3-19-11-7-5-9-8-4-6-10(18-2)12(16)14(8)20-15(9)13(11)17/h4-7H,3H2,1-2H3. The minimum atomic E-state index is -0.640. The average molecular weight is 278 g/mol. The van der Waals surface area contributed by atoms with Crippen LogP contribution in [-0.2, 0) is 0 Å². The molecular weight excluding hydrogens is 266 g/mol. The van der Waals surface area contributed by atoms with Gasteiger partial charge in [-0.3, -0.25) is 0 Å². The Morgan fingerprint density at radius 2 is 1.50 bits per heavy atom. The Kier molecular flexibility index (Phi) is 2.97. The van der Waals surface area contributed by atoms with E-state index in [1.807, 2.05) is 0 Å². The average Bonchev–Trinajstić information content (AvgIpc) is 2.83. The van der Waals surface area contributed by atoms with Crippen molar-refractivity contribution >= 4 is 21.9 Å². The first-order valence-corrected chi connectivity index (χ1v) is 6.17. The van der Waals surface area contributed by atoms with Crippen LogP contribution in [0.5, 0.6) is 11.5 Å². The molecule has 0 spiro atoms.